The van der Waals surface area contributed by atoms with Crippen molar-refractivity contribution in [2.45, 2.75) is 31.1 Å². The van der Waals surface area contributed by atoms with Gasteiger partial charge in [-0.25, -0.2) is 9.18 Å². The van der Waals surface area contributed by atoms with Gasteiger partial charge in [-0.15, -0.1) is 0 Å². The van der Waals surface area contributed by atoms with Crippen molar-refractivity contribution in [3.05, 3.63) is 35.6 Å². The number of benzene rings is 1. The van der Waals surface area contributed by atoms with Gasteiger partial charge in [-0.05, 0) is 43.7 Å². The van der Waals surface area contributed by atoms with Crippen LogP contribution < -0.4 is 10.6 Å². The van der Waals surface area contributed by atoms with Crippen molar-refractivity contribution in [2.75, 3.05) is 19.4 Å². The molecule has 3 N–H and O–H groups in total. The zero-order valence-electron chi connectivity index (χ0n) is 12.4. The van der Waals surface area contributed by atoms with E-state index in [2.05, 4.69) is 10.6 Å². The summed E-state index contributed by atoms with van der Waals surface area (Å²) < 4.78 is 13.0. The number of urea groups is 1. The molecular weight excluding hydrogens is 291 g/mol. The summed E-state index contributed by atoms with van der Waals surface area (Å²) in [7, 11) is 0. The lowest BCUT2D eigenvalue weighted by molar-refractivity contribution is 0.232. The number of amides is 2. The molecule has 4 nitrogen and oxygen atoms in total. The molecule has 2 unspecified atom stereocenters. The van der Waals surface area contributed by atoms with Gasteiger partial charge in [0.1, 0.15) is 5.82 Å². The van der Waals surface area contributed by atoms with Crippen LogP contribution in [0.5, 0.6) is 0 Å². The Morgan fingerprint density at radius 3 is 2.86 bits per heavy atom. The maximum Gasteiger partial charge on any atom is 0.315 e. The molecule has 0 fully saturated rings. The molecular formula is C15H23FN2O2S. The first kappa shape index (κ1) is 17.8. The number of carbonyl (C=O) groups is 1. The number of aliphatic hydroxyl groups is 1. The van der Waals surface area contributed by atoms with Gasteiger partial charge in [0.05, 0.1) is 6.61 Å². The molecule has 118 valence electrons. The van der Waals surface area contributed by atoms with Gasteiger partial charge < -0.3 is 15.7 Å². The standard InChI is InChI=1S/C15H23FN2O2S/c1-11(14(10-19)21-2)18-15(20)17-8-4-6-12-5-3-7-13(16)9-12/h3,5,7,9,11,14,19H,4,6,8,10H2,1-2H3,(H2,17,18,20). The van der Waals surface area contributed by atoms with Gasteiger partial charge in [0.25, 0.3) is 0 Å². The second-order valence-corrected chi connectivity index (χ2v) is 5.96. The smallest absolute Gasteiger partial charge is 0.315 e. The minimum absolute atomic E-state index is 0.0111. The Hall–Kier alpha value is -1.27. The quantitative estimate of drug-likeness (QED) is 0.645. The van der Waals surface area contributed by atoms with Crippen LogP contribution in [0.1, 0.15) is 18.9 Å². The number of hydrogen-bond donors (Lipinski definition) is 3. The molecule has 6 heteroatoms. The number of aryl methyl sites for hydroxylation is 1. The molecule has 0 aliphatic rings. The van der Waals surface area contributed by atoms with Gasteiger partial charge in [-0.2, -0.15) is 11.8 Å². The summed E-state index contributed by atoms with van der Waals surface area (Å²) in [6, 6.07) is 6.13. The summed E-state index contributed by atoms with van der Waals surface area (Å²) in [6.07, 6.45) is 3.37. The van der Waals surface area contributed by atoms with Gasteiger partial charge in [0.15, 0.2) is 0 Å². The summed E-state index contributed by atoms with van der Waals surface area (Å²) in [6.45, 7) is 2.42. The van der Waals surface area contributed by atoms with E-state index in [-0.39, 0.29) is 29.7 Å². The highest BCUT2D eigenvalue weighted by molar-refractivity contribution is 7.99. The highest BCUT2D eigenvalue weighted by Crippen LogP contribution is 2.10. The van der Waals surface area contributed by atoms with E-state index in [1.807, 2.05) is 19.2 Å². The number of aliphatic hydroxyl groups excluding tert-OH is 1. The molecule has 1 rings (SSSR count). The monoisotopic (exact) mass is 314 g/mol. The Kier molecular flexibility index (Phi) is 8.15. The maximum absolute atomic E-state index is 13.0. The van der Waals surface area contributed by atoms with Crippen molar-refractivity contribution in [1.82, 2.24) is 10.6 Å². The zero-order valence-corrected chi connectivity index (χ0v) is 13.3. The van der Waals surface area contributed by atoms with Gasteiger partial charge in [-0.3, -0.25) is 0 Å². The summed E-state index contributed by atoms with van der Waals surface area (Å²) in [5, 5.41) is 14.7. The fraction of sp³-hybridized carbons (Fsp3) is 0.533. The second-order valence-electron chi connectivity index (χ2n) is 4.88. The molecule has 0 saturated carbocycles. The SMILES string of the molecule is CSC(CO)C(C)NC(=O)NCCCc1cccc(F)c1. The Bertz CT molecular complexity index is 441. The van der Waals surface area contributed by atoms with Gasteiger partial charge >= 0.3 is 6.03 Å². The van der Waals surface area contributed by atoms with E-state index < -0.39 is 0 Å². The van der Waals surface area contributed by atoms with Crippen LogP contribution in [0, 0.1) is 5.82 Å². The summed E-state index contributed by atoms with van der Waals surface area (Å²) in [4.78, 5) is 11.7. The van der Waals surface area contributed by atoms with Crippen LogP contribution in [0.25, 0.3) is 0 Å². The van der Waals surface area contributed by atoms with Crippen LogP contribution in [0.4, 0.5) is 9.18 Å². The molecule has 1 aromatic rings. The zero-order chi connectivity index (χ0) is 15.7. The largest absolute Gasteiger partial charge is 0.395 e. The van der Waals surface area contributed by atoms with Crippen molar-refractivity contribution < 1.29 is 14.3 Å². The number of thioether (sulfide) groups is 1. The molecule has 0 aromatic heterocycles. The van der Waals surface area contributed by atoms with Gasteiger partial charge in [0, 0.05) is 17.8 Å². The summed E-state index contributed by atoms with van der Waals surface area (Å²) in [5.41, 5.74) is 0.924. The fourth-order valence-corrected chi connectivity index (χ4v) is 2.60. The third-order valence-electron chi connectivity index (χ3n) is 3.22. The molecule has 0 heterocycles. The van der Waals surface area contributed by atoms with Gasteiger partial charge in [-0.1, -0.05) is 12.1 Å². The van der Waals surface area contributed by atoms with Crippen molar-refractivity contribution in [1.29, 1.82) is 0 Å². The minimum atomic E-state index is -0.241. The lowest BCUT2D eigenvalue weighted by atomic mass is 10.1. The fourth-order valence-electron chi connectivity index (χ4n) is 1.97. The molecule has 0 spiro atoms. The van der Waals surface area contributed by atoms with Crippen LogP contribution in [0.2, 0.25) is 0 Å². The van der Waals surface area contributed by atoms with Crippen LogP contribution in [-0.2, 0) is 6.42 Å². The Morgan fingerprint density at radius 1 is 1.48 bits per heavy atom. The van der Waals surface area contributed by atoms with E-state index >= 15 is 0 Å². The Labute approximate surface area is 129 Å². The van der Waals surface area contributed by atoms with Crippen LogP contribution in [0.3, 0.4) is 0 Å². The molecule has 0 aliphatic carbocycles. The molecule has 21 heavy (non-hydrogen) atoms. The number of carbonyl (C=O) groups excluding carboxylic acids is 1. The number of nitrogens with one attached hydrogen (secondary N) is 2. The summed E-state index contributed by atoms with van der Waals surface area (Å²) >= 11 is 1.52. The molecule has 0 bridgehead atoms. The van der Waals surface area contributed by atoms with Crippen LogP contribution >= 0.6 is 11.8 Å². The second kappa shape index (κ2) is 9.63. The lowest BCUT2D eigenvalue weighted by Crippen LogP contribution is -2.46. The van der Waals surface area contributed by atoms with Crippen molar-refractivity contribution in [2.24, 2.45) is 0 Å². The van der Waals surface area contributed by atoms with Crippen molar-refractivity contribution in [3.63, 3.8) is 0 Å². The lowest BCUT2D eigenvalue weighted by Gasteiger charge is -2.21. The van der Waals surface area contributed by atoms with Crippen molar-refractivity contribution in [3.8, 4) is 0 Å². The number of hydrogen-bond acceptors (Lipinski definition) is 3. The average Bonchev–Trinajstić information content (AvgIpc) is 2.45. The maximum atomic E-state index is 13.0. The molecule has 2 atom stereocenters. The van der Waals surface area contributed by atoms with Gasteiger partial charge in [0.2, 0.25) is 0 Å². The number of halogens is 1. The van der Waals surface area contributed by atoms with E-state index in [1.54, 1.807) is 6.07 Å². The molecule has 2 amide bonds. The average molecular weight is 314 g/mol. The van der Waals surface area contributed by atoms with Crippen LogP contribution in [0.15, 0.2) is 24.3 Å². The molecule has 0 saturated heterocycles. The van der Waals surface area contributed by atoms with E-state index in [0.29, 0.717) is 6.54 Å². The Morgan fingerprint density at radius 2 is 2.24 bits per heavy atom. The highest BCUT2D eigenvalue weighted by atomic mass is 32.2. The first-order valence-corrected chi connectivity index (χ1v) is 8.28. The molecule has 0 radical (unpaired) electrons. The number of rotatable bonds is 8. The minimum Gasteiger partial charge on any atom is -0.395 e. The third-order valence-corrected chi connectivity index (χ3v) is 4.38. The first-order valence-electron chi connectivity index (χ1n) is 6.99. The molecule has 0 aliphatic heterocycles. The van der Waals surface area contributed by atoms with Crippen LogP contribution in [-0.4, -0.2) is 41.8 Å². The normalized spacial score (nSPS) is 13.5. The summed E-state index contributed by atoms with van der Waals surface area (Å²) in [5.74, 6) is -0.237. The van der Waals surface area contributed by atoms with E-state index in [9.17, 15) is 9.18 Å². The predicted molar refractivity (Wildman–Crippen MR) is 85.1 cm³/mol. The Balaban J connectivity index is 2.21. The topological polar surface area (TPSA) is 61.4 Å². The van der Waals surface area contributed by atoms with Crippen molar-refractivity contribution >= 4 is 17.8 Å². The first-order chi connectivity index (χ1) is 10.1. The molecule has 1 aromatic carbocycles. The van der Waals surface area contributed by atoms with E-state index in [4.69, 9.17) is 5.11 Å². The highest BCUT2D eigenvalue weighted by Gasteiger charge is 2.16. The van der Waals surface area contributed by atoms with E-state index in [1.165, 1.54) is 23.9 Å². The van der Waals surface area contributed by atoms with E-state index in [0.717, 1.165) is 18.4 Å². The predicted octanol–water partition coefficient (Wildman–Crippen LogP) is 2.17. The third kappa shape index (κ3) is 6.82.